The number of nitrogens with zero attached hydrogens (tertiary/aromatic N) is 1. The van der Waals surface area contributed by atoms with Crippen LogP contribution in [0.5, 0.6) is 0 Å². The number of aliphatic hydroxyl groups is 1. The summed E-state index contributed by atoms with van der Waals surface area (Å²) in [4.78, 5) is 13.2. The van der Waals surface area contributed by atoms with Gasteiger partial charge in [0.2, 0.25) is 5.91 Å². The molecule has 1 heterocycles. The molecule has 0 saturated carbocycles. The largest absolute Gasteiger partial charge is 0.389 e. The number of primary amides is 1. The summed E-state index contributed by atoms with van der Waals surface area (Å²) in [6, 6.07) is 4.43. The normalized spacial score (nSPS) is 18.4. The van der Waals surface area contributed by atoms with Gasteiger partial charge in [-0.1, -0.05) is 0 Å². The number of amides is 1. The molecule has 1 amide bonds. The number of carbonyl (C=O) groups is 1. The SMILES string of the molecule is C[C@H](O)c1cc(F)ccc1N1CCC(C(N)=O)CC1. The lowest BCUT2D eigenvalue weighted by Gasteiger charge is -2.34. The van der Waals surface area contributed by atoms with Gasteiger partial charge in [-0.3, -0.25) is 4.79 Å². The average Bonchev–Trinajstić information content (AvgIpc) is 2.38. The quantitative estimate of drug-likeness (QED) is 0.873. The molecule has 19 heavy (non-hydrogen) atoms. The van der Waals surface area contributed by atoms with E-state index in [1.165, 1.54) is 12.1 Å². The van der Waals surface area contributed by atoms with Crippen molar-refractivity contribution in [1.29, 1.82) is 0 Å². The molecule has 0 unspecified atom stereocenters. The molecule has 1 saturated heterocycles. The summed E-state index contributed by atoms with van der Waals surface area (Å²) in [5.74, 6) is -0.687. The number of benzene rings is 1. The monoisotopic (exact) mass is 266 g/mol. The lowest BCUT2D eigenvalue weighted by Crippen LogP contribution is -2.39. The van der Waals surface area contributed by atoms with Gasteiger partial charge in [0, 0.05) is 30.3 Å². The maximum atomic E-state index is 13.3. The fourth-order valence-corrected chi connectivity index (χ4v) is 2.55. The standard InChI is InChI=1S/C14H19FN2O2/c1-9(18)12-8-11(15)2-3-13(12)17-6-4-10(5-7-17)14(16)19/h2-3,8-10,18H,4-7H2,1H3,(H2,16,19)/t9-/m0/s1. The van der Waals surface area contributed by atoms with Gasteiger partial charge in [-0.25, -0.2) is 4.39 Å². The Balaban J connectivity index is 2.17. The van der Waals surface area contributed by atoms with E-state index in [2.05, 4.69) is 4.90 Å². The lowest BCUT2D eigenvalue weighted by atomic mass is 9.95. The molecule has 1 aromatic rings. The second kappa shape index (κ2) is 5.57. The third-order valence-electron chi connectivity index (χ3n) is 3.68. The highest BCUT2D eigenvalue weighted by Crippen LogP contribution is 2.30. The van der Waals surface area contributed by atoms with E-state index in [-0.39, 0.29) is 17.6 Å². The number of aliphatic hydroxyl groups excluding tert-OH is 1. The molecule has 0 bridgehead atoms. The van der Waals surface area contributed by atoms with Crippen LogP contribution in [-0.4, -0.2) is 24.1 Å². The number of nitrogens with two attached hydrogens (primary N) is 1. The summed E-state index contributed by atoms with van der Waals surface area (Å²) in [5, 5.41) is 9.73. The Morgan fingerprint density at radius 2 is 2.11 bits per heavy atom. The molecule has 0 radical (unpaired) electrons. The summed E-state index contributed by atoms with van der Waals surface area (Å²) >= 11 is 0. The molecule has 5 heteroatoms. The van der Waals surface area contributed by atoms with Crippen LogP contribution in [0.2, 0.25) is 0 Å². The van der Waals surface area contributed by atoms with E-state index in [0.29, 0.717) is 31.5 Å². The second-order valence-electron chi connectivity index (χ2n) is 5.04. The van der Waals surface area contributed by atoms with Crippen molar-refractivity contribution in [3.8, 4) is 0 Å². The summed E-state index contributed by atoms with van der Waals surface area (Å²) in [7, 11) is 0. The molecule has 1 fully saturated rings. The highest BCUT2D eigenvalue weighted by Gasteiger charge is 2.25. The maximum Gasteiger partial charge on any atom is 0.220 e. The Morgan fingerprint density at radius 3 is 2.63 bits per heavy atom. The van der Waals surface area contributed by atoms with Gasteiger partial charge in [-0.2, -0.15) is 0 Å². The minimum atomic E-state index is -0.723. The number of anilines is 1. The van der Waals surface area contributed by atoms with Gasteiger partial charge in [-0.05, 0) is 38.0 Å². The van der Waals surface area contributed by atoms with Crippen LogP contribution >= 0.6 is 0 Å². The number of carbonyl (C=O) groups excluding carboxylic acids is 1. The summed E-state index contributed by atoms with van der Waals surface area (Å²) in [5.41, 5.74) is 6.72. The first kappa shape index (κ1) is 13.8. The van der Waals surface area contributed by atoms with Crippen molar-refractivity contribution >= 4 is 11.6 Å². The number of rotatable bonds is 3. The van der Waals surface area contributed by atoms with Gasteiger partial charge in [0.25, 0.3) is 0 Å². The van der Waals surface area contributed by atoms with E-state index in [0.717, 1.165) is 5.69 Å². The van der Waals surface area contributed by atoms with Crippen LogP contribution < -0.4 is 10.6 Å². The number of hydrogen-bond donors (Lipinski definition) is 2. The van der Waals surface area contributed by atoms with Gasteiger partial charge in [0.1, 0.15) is 5.82 Å². The van der Waals surface area contributed by atoms with Crippen molar-refractivity contribution in [3.63, 3.8) is 0 Å². The highest BCUT2D eigenvalue weighted by molar-refractivity contribution is 5.77. The van der Waals surface area contributed by atoms with Crippen molar-refractivity contribution in [2.24, 2.45) is 11.7 Å². The van der Waals surface area contributed by atoms with E-state index in [9.17, 15) is 14.3 Å². The molecule has 1 atom stereocenters. The fourth-order valence-electron chi connectivity index (χ4n) is 2.55. The third-order valence-corrected chi connectivity index (χ3v) is 3.68. The van der Waals surface area contributed by atoms with Gasteiger partial charge < -0.3 is 15.7 Å². The predicted octanol–water partition coefficient (Wildman–Crippen LogP) is 1.58. The molecule has 4 nitrogen and oxygen atoms in total. The molecule has 3 N–H and O–H groups in total. The van der Waals surface area contributed by atoms with Gasteiger partial charge >= 0.3 is 0 Å². The van der Waals surface area contributed by atoms with Crippen molar-refractivity contribution < 1.29 is 14.3 Å². The van der Waals surface area contributed by atoms with E-state index >= 15 is 0 Å². The summed E-state index contributed by atoms with van der Waals surface area (Å²) < 4.78 is 13.3. The molecule has 104 valence electrons. The van der Waals surface area contributed by atoms with Crippen LogP contribution in [0.3, 0.4) is 0 Å². The Morgan fingerprint density at radius 1 is 1.47 bits per heavy atom. The van der Waals surface area contributed by atoms with Gasteiger partial charge in [0.05, 0.1) is 6.10 Å². The molecular weight excluding hydrogens is 247 g/mol. The Hall–Kier alpha value is -1.62. The molecule has 0 aromatic heterocycles. The first-order chi connectivity index (χ1) is 8.99. The smallest absolute Gasteiger partial charge is 0.220 e. The number of hydrogen-bond acceptors (Lipinski definition) is 3. The van der Waals surface area contributed by atoms with Crippen LogP contribution in [0.25, 0.3) is 0 Å². The summed E-state index contributed by atoms with van der Waals surface area (Å²) in [6.07, 6.45) is 0.678. The van der Waals surface area contributed by atoms with E-state index in [4.69, 9.17) is 5.73 Å². The summed E-state index contributed by atoms with van der Waals surface area (Å²) in [6.45, 7) is 3.01. The highest BCUT2D eigenvalue weighted by atomic mass is 19.1. The number of piperidine rings is 1. The maximum absolute atomic E-state index is 13.3. The topological polar surface area (TPSA) is 66.6 Å². The van der Waals surface area contributed by atoms with Crippen molar-refractivity contribution in [3.05, 3.63) is 29.6 Å². The van der Waals surface area contributed by atoms with Crippen LogP contribution in [0.4, 0.5) is 10.1 Å². The zero-order valence-corrected chi connectivity index (χ0v) is 11.0. The average molecular weight is 266 g/mol. The molecule has 2 rings (SSSR count). The van der Waals surface area contributed by atoms with Crippen molar-refractivity contribution in [1.82, 2.24) is 0 Å². The van der Waals surface area contributed by atoms with E-state index in [1.807, 2.05) is 0 Å². The minimum Gasteiger partial charge on any atom is -0.389 e. The second-order valence-corrected chi connectivity index (χ2v) is 5.04. The fraction of sp³-hybridized carbons (Fsp3) is 0.500. The van der Waals surface area contributed by atoms with E-state index < -0.39 is 6.10 Å². The molecule has 1 aliphatic rings. The molecule has 1 aromatic carbocycles. The van der Waals surface area contributed by atoms with Crippen LogP contribution in [0, 0.1) is 11.7 Å². The van der Waals surface area contributed by atoms with Crippen molar-refractivity contribution in [2.75, 3.05) is 18.0 Å². The Bertz CT molecular complexity index is 469. The van der Waals surface area contributed by atoms with Crippen LogP contribution in [0.15, 0.2) is 18.2 Å². The van der Waals surface area contributed by atoms with Gasteiger partial charge in [-0.15, -0.1) is 0 Å². The Kier molecular flexibility index (Phi) is 4.04. The lowest BCUT2D eigenvalue weighted by molar-refractivity contribution is -0.122. The molecule has 0 spiro atoms. The molecule has 1 aliphatic heterocycles. The first-order valence-electron chi connectivity index (χ1n) is 6.51. The molecular formula is C14H19FN2O2. The minimum absolute atomic E-state index is 0.0771. The van der Waals surface area contributed by atoms with Crippen LogP contribution in [0.1, 0.15) is 31.4 Å². The van der Waals surface area contributed by atoms with Gasteiger partial charge in [0.15, 0.2) is 0 Å². The Labute approximate surface area is 112 Å². The zero-order valence-electron chi connectivity index (χ0n) is 11.0. The van der Waals surface area contributed by atoms with Crippen LogP contribution in [-0.2, 0) is 4.79 Å². The van der Waals surface area contributed by atoms with E-state index in [1.54, 1.807) is 13.0 Å². The molecule has 0 aliphatic carbocycles. The zero-order chi connectivity index (χ0) is 14.0. The third kappa shape index (κ3) is 3.04. The number of halogens is 1. The predicted molar refractivity (Wildman–Crippen MR) is 71.2 cm³/mol. The first-order valence-corrected chi connectivity index (χ1v) is 6.51. The van der Waals surface area contributed by atoms with Crippen molar-refractivity contribution in [2.45, 2.75) is 25.9 Å².